The molecule has 1 fully saturated rings. The molecule has 1 aliphatic rings. The molecule has 5 rings (SSSR count). The summed E-state index contributed by atoms with van der Waals surface area (Å²) < 4.78 is 11.0. The maximum atomic E-state index is 12.0. The first kappa shape index (κ1) is 29.1. The summed E-state index contributed by atoms with van der Waals surface area (Å²) in [5.74, 6) is 0.856. The lowest BCUT2D eigenvalue weighted by atomic mass is 9.97. The Balaban J connectivity index is 1.28. The Morgan fingerprint density at radius 3 is 2.50 bits per heavy atom. The highest BCUT2D eigenvalue weighted by Crippen LogP contribution is 2.37. The second-order valence-electron chi connectivity index (χ2n) is 9.64. The molecule has 212 valence electrons. The number of anilines is 1. The molecule has 0 radical (unpaired) electrons. The predicted octanol–water partition coefficient (Wildman–Crippen LogP) is 5.47. The van der Waals surface area contributed by atoms with E-state index < -0.39 is 0 Å². The SMILES string of the molecule is Cc1ccc(-c2nc(CSc3nc(N)c(C#N)c(-c4ccc(OCCOC(=O)[C@@H]5CCCN5)cc4)c3C#N)cs2)cc1. The molecule has 2 aromatic heterocycles. The molecule has 2 aromatic carbocycles. The number of nitrogen functional groups attached to an aromatic ring is 1. The fourth-order valence-electron chi connectivity index (χ4n) is 4.54. The van der Waals surface area contributed by atoms with Gasteiger partial charge in [0.25, 0.3) is 0 Å². The van der Waals surface area contributed by atoms with Crippen LogP contribution >= 0.6 is 23.1 Å². The van der Waals surface area contributed by atoms with Gasteiger partial charge in [0, 0.05) is 22.3 Å². The van der Waals surface area contributed by atoms with Crippen molar-refractivity contribution in [1.82, 2.24) is 15.3 Å². The lowest BCUT2D eigenvalue weighted by Crippen LogP contribution is -2.33. The fourth-order valence-corrected chi connectivity index (χ4v) is 6.36. The maximum absolute atomic E-state index is 12.0. The third-order valence-corrected chi connectivity index (χ3v) is 8.66. The van der Waals surface area contributed by atoms with E-state index in [-0.39, 0.29) is 42.2 Å². The molecule has 9 nitrogen and oxygen atoms in total. The first-order valence-corrected chi connectivity index (χ1v) is 15.2. The summed E-state index contributed by atoms with van der Waals surface area (Å²) in [6.07, 6.45) is 1.75. The fraction of sp³-hybridized carbons (Fsp3) is 0.258. The van der Waals surface area contributed by atoms with Crippen LogP contribution in [-0.4, -0.2) is 41.7 Å². The van der Waals surface area contributed by atoms with Gasteiger partial charge in [-0.15, -0.1) is 11.3 Å². The molecule has 3 N–H and O–H groups in total. The van der Waals surface area contributed by atoms with Crippen LogP contribution in [0.4, 0.5) is 5.82 Å². The summed E-state index contributed by atoms with van der Waals surface area (Å²) in [4.78, 5) is 21.2. The number of thiazole rings is 1. The van der Waals surface area contributed by atoms with Gasteiger partial charge in [-0.3, -0.25) is 4.79 Å². The van der Waals surface area contributed by atoms with Gasteiger partial charge < -0.3 is 20.5 Å². The summed E-state index contributed by atoms with van der Waals surface area (Å²) in [6, 6.07) is 19.3. The van der Waals surface area contributed by atoms with Crippen molar-refractivity contribution < 1.29 is 14.3 Å². The topological polar surface area (TPSA) is 147 Å². The number of thioether (sulfide) groups is 1. The van der Waals surface area contributed by atoms with Crippen LogP contribution in [0.25, 0.3) is 21.7 Å². The van der Waals surface area contributed by atoms with Crippen LogP contribution in [0.15, 0.2) is 58.9 Å². The van der Waals surface area contributed by atoms with Crippen LogP contribution in [0.2, 0.25) is 0 Å². The number of carbonyl (C=O) groups excluding carboxylic acids is 1. The molecular formula is C31H28N6O3S2. The number of nitrogens with one attached hydrogen (secondary N) is 1. The number of esters is 1. The normalized spacial score (nSPS) is 14.2. The van der Waals surface area contributed by atoms with E-state index in [4.69, 9.17) is 20.2 Å². The lowest BCUT2D eigenvalue weighted by Gasteiger charge is -2.14. The van der Waals surface area contributed by atoms with E-state index in [1.54, 1.807) is 35.6 Å². The summed E-state index contributed by atoms with van der Waals surface area (Å²) in [5.41, 5.74) is 10.8. The molecule has 4 aromatic rings. The van der Waals surface area contributed by atoms with Crippen molar-refractivity contribution in [2.24, 2.45) is 0 Å². The Bertz CT molecular complexity index is 1650. The molecule has 0 bridgehead atoms. The van der Waals surface area contributed by atoms with Crippen molar-refractivity contribution in [2.75, 3.05) is 25.5 Å². The zero-order valence-corrected chi connectivity index (χ0v) is 24.6. The molecule has 0 aliphatic carbocycles. The number of benzene rings is 2. The molecule has 1 aliphatic heterocycles. The largest absolute Gasteiger partial charge is 0.490 e. The maximum Gasteiger partial charge on any atom is 0.323 e. The first-order chi connectivity index (χ1) is 20.5. The molecule has 3 heterocycles. The minimum atomic E-state index is -0.259. The minimum Gasteiger partial charge on any atom is -0.490 e. The third-order valence-electron chi connectivity index (χ3n) is 6.71. The molecule has 0 amide bonds. The quantitative estimate of drug-likeness (QED) is 0.137. The van der Waals surface area contributed by atoms with Gasteiger partial charge >= 0.3 is 5.97 Å². The Morgan fingerprint density at radius 1 is 1.07 bits per heavy atom. The molecule has 1 saturated heterocycles. The van der Waals surface area contributed by atoms with Gasteiger partial charge in [0.2, 0.25) is 0 Å². The summed E-state index contributed by atoms with van der Waals surface area (Å²) in [5, 5.41) is 26.5. The number of nitrogens with two attached hydrogens (primary N) is 1. The van der Waals surface area contributed by atoms with E-state index in [9.17, 15) is 15.3 Å². The minimum absolute atomic E-state index is 0.0616. The van der Waals surface area contributed by atoms with E-state index in [0.29, 0.717) is 27.7 Å². The van der Waals surface area contributed by atoms with E-state index in [0.717, 1.165) is 35.7 Å². The van der Waals surface area contributed by atoms with Crippen LogP contribution in [0.1, 0.15) is 35.2 Å². The van der Waals surface area contributed by atoms with E-state index in [1.807, 2.05) is 24.4 Å². The van der Waals surface area contributed by atoms with E-state index in [1.165, 1.54) is 17.3 Å². The van der Waals surface area contributed by atoms with Gasteiger partial charge in [0.15, 0.2) is 0 Å². The Kier molecular flexibility index (Phi) is 9.35. The number of rotatable bonds is 10. The van der Waals surface area contributed by atoms with Gasteiger partial charge in [-0.25, -0.2) is 9.97 Å². The van der Waals surface area contributed by atoms with E-state index >= 15 is 0 Å². The van der Waals surface area contributed by atoms with Crippen LogP contribution in [-0.2, 0) is 15.3 Å². The lowest BCUT2D eigenvalue weighted by molar-refractivity contribution is -0.146. The van der Waals surface area contributed by atoms with Gasteiger partial charge in [-0.2, -0.15) is 10.5 Å². The van der Waals surface area contributed by atoms with Crippen molar-refractivity contribution in [3.63, 3.8) is 0 Å². The number of hydrogen-bond acceptors (Lipinski definition) is 11. The highest BCUT2D eigenvalue weighted by atomic mass is 32.2. The number of carbonyl (C=O) groups is 1. The third kappa shape index (κ3) is 6.72. The predicted molar refractivity (Wildman–Crippen MR) is 163 cm³/mol. The Morgan fingerprint density at radius 2 is 1.81 bits per heavy atom. The van der Waals surface area contributed by atoms with Crippen LogP contribution in [0.3, 0.4) is 0 Å². The smallest absolute Gasteiger partial charge is 0.323 e. The molecule has 1 atom stereocenters. The average molecular weight is 597 g/mol. The standard InChI is InChI=1S/C31H28N6O3S2/c1-19-4-6-21(7-5-19)29-36-22(17-41-29)18-42-30-25(16-33)27(24(15-32)28(34)37-30)20-8-10-23(11-9-20)39-13-14-40-31(38)26-3-2-12-35-26/h4-11,17,26,35H,2-3,12-14,18H2,1H3,(H2,34,37)/t26-/m0/s1. The van der Waals surface area contributed by atoms with Crippen molar-refractivity contribution in [2.45, 2.75) is 36.6 Å². The Labute approximate surface area is 252 Å². The molecule has 0 saturated carbocycles. The average Bonchev–Trinajstić information content (AvgIpc) is 3.72. The number of hydrogen-bond donors (Lipinski definition) is 2. The monoisotopic (exact) mass is 596 g/mol. The van der Waals surface area contributed by atoms with Crippen molar-refractivity contribution in [3.8, 4) is 39.6 Å². The number of nitrogens with zero attached hydrogens (tertiary/aromatic N) is 4. The first-order valence-electron chi connectivity index (χ1n) is 13.4. The van der Waals surface area contributed by atoms with Crippen molar-refractivity contribution in [1.29, 1.82) is 10.5 Å². The molecular weight excluding hydrogens is 569 g/mol. The second-order valence-corrected chi connectivity index (χ2v) is 11.5. The molecule has 42 heavy (non-hydrogen) atoms. The van der Waals surface area contributed by atoms with Gasteiger partial charge in [-0.1, -0.05) is 53.7 Å². The number of nitriles is 2. The molecule has 0 spiro atoms. The number of aryl methyl sites for hydroxylation is 1. The second kappa shape index (κ2) is 13.5. The molecule has 11 heteroatoms. The highest BCUT2D eigenvalue weighted by Gasteiger charge is 2.23. The number of pyridine rings is 1. The summed E-state index contributed by atoms with van der Waals surface area (Å²) in [6.45, 7) is 3.22. The Hall–Kier alpha value is -4.42. The zero-order valence-electron chi connectivity index (χ0n) is 22.9. The van der Waals surface area contributed by atoms with Crippen molar-refractivity contribution in [3.05, 3.63) is 76.3 Å². The number of aromatic nitrogens is 2. The van der Waals surface area contributed by atoms with Crippen LogP contribution in [0, 0.1) is 29.6 Å². The molecule has 0 unspecified atom stereocenters. The highest BCUT2D eigenvalue weighted by molar-refractivity contribution is 7.98. The van der Waals surface area contributed by atoms with Gasteiger partial charge in [-0.05, 0) is 44.0 Å². The van der Waals surface area contributed by atoms with Crippen molar-refractivity contribution >= 4 is 34.9 Å². The van der Waals surface area contributed by atoms with Crippen LogP contribution in [0.5, 0.6) is 5.75 Å². The summed E-state index contributed by atoms with van der Waals surface area (Å²) >= 11 is 2.92. The van der Waals surface area contributed by atoms with Crippen LogP contribution < -0.4 is 15.8 Å². The van der Waals surface area contributed by atoms with E-state index in [2.05, 4.69) is 34.6 Å². The van der Waals surface area contributed by atoms with Gasteiger partial charge in [0.05, 0.1) is 11.3 Å². The zero-order chi connectivity index (χ0) is 29.5. The number of ether oxygens (including phenoxy) is 2. The summed E-state index contributed by atoms with van der Waals surface area (Å²) in [7, 11) is 0. The van der Waals surface area contributed by atoms with Gasteiger partial charge in [0.1, 0.15) is 58.6 Å².